The number of amides is 1. The van der Waals surface area contributed by atoms with Gasteiger partial charge in [-0.3, -0.25) is 4.79 Å². The Kier molecular flexibility index (Phi) is 6.83. The number of carbonyl (C=O) groups excluding carboxylic acids is 1. The Morgan fingerprint density at radius 3 is 2.22 bits per heavy atom. The molecule has 1 amide bonds. The highest BCUT2D eigenvalue weighted by Gasteiger charge is 2.37. The fraction of sp³-hybridized carbons (Fsp3) is 0.409. The first-order valence-electron chi connectivity index (χ1n) is 9.89. The van der Waals surface area contributed by atoms with E-state index in [4.69, 9.17) is 0 Å². The van der Waals surface area contributed by atoms with Gasteiger partial charge in [-0.05, 0) is 66.9 Å². The van der Waals surface area contributed by atoms with Crippen LogP contribution in [0.2, 0.25) is 0 Å². The summed E-state index contributed by atoms with van der Waals surface area (Å²) in [5.41, 5.74) is -1.81. The van der Waals surface area contributed by atoms with Crippen LogP contribution in [0.4, 0.5) is 30.7 Å². The average molecular weight is 462 g/mol. The highest BCUT2D eigenvalue weighted by molar-refractivity contribution is 5.79. The maximum atomic E-state index is 13.5. The van der Waals surface area contributed by atoms with E-state index in [-0.39, 0.29) is 17.5 Å². The van der Waals surface area contributed by atoms with Crippen LogP contribution in [0.15, 0.2) is 36.4 Å². The van der Waals surface area contributed by atoms with Crippen molar-refractivity contribution in [3.63, 3.8) is 0 Å². The Morgan fingerprint density at radius 2 is 1.66 bits per heavy atom. The number of nitrogens with one attached hydrogen (secondary N) is 2. The van der Waals surface area contributed by atoms with Gasteiger partial charge in [-0.15, -0.1) is 0 Å². The normalized spacial score (nSPS) is 19.6. The lowest BCUT2D eigenvalue weighted by Gasteiger charge is -2.34. The number of benzene rings is 2. The van der Waals surface area contributed by atoms with Gasteiger partial charge in [0.1, 0.15) is 5.82 Å². The Labute approximate surface area is 180 Å². The topological polar surface area (TPSA) is 41.1 Å². The quantitative estimate of drug-likeness (QED) is 0.630. The molecule has 0 spiro atoms. The number of piperidine rings is 1. The maximum Gasteiger partial charge on any atom is 0.416 e. The largest absolute Gasteiger partial charge is 0.416 e. The molecule has 1 aliphatic rings. The molecule has 174 valence electrons. The fourth-order valence-electron chi connectivity index (χ4n) is 3.98. The second kappa shape index (κ2) is 9.09. The van der Waals surface area contributed by atoms with Crippen molar-refractivity contribution in [3.8, 4) is 0 Å². The predicted molar refractivity (Wildman–Crippen MR) is 103 cm³/mol. The Hall–Kier alpha value is -2.62. The first kappa shape index (κ1) is 24.0. The molecule has 0 radical (unpaired) electrons. The summed E-state index contributed by atoms with van der Waals surface area (Å²) in [5.74, 6) is -1.31. The molecule has 0 aliphatic carbocycles. The zero-order chi connectivity index (χ0) is 23.7. The second-order valence-corrected chi connectivity index (χ2v) is 7.87. The van der Waals surface area contributed by atoms with E-state index in [0.29, 0.717) is 37.2 Å². The monoisotopic (exact) mass is 462 g/mol. The molecule has 3 nitrogen and oxygen atoms in total. The number of alkyl halides is 6. The Bertz CT molecular complexity index is 953. The first-order chi connectivity index (χ1) is 14.8. The van der Waals surface area contributed by atoms with Crippen molar-refractivity contribution >= 4 is 5.91 Å². The van der Waals surface area contributed by atoms with E-state index in [0.717, 1.165) is 5.56 Å². The van der Waals surface area contributed by atoms with Crippen LogP contribution in [0, 0.1) is 12.7 Å². The number of carbonyl (C=O) groups is 1. The molecule has 10 heteroatoms. The minimum atomic E-state index is -4.98. The predicted octanol–water partition coefficient (Wildman–Crippen LogP) is 4.98. The molecule has 0 unspecified atom stereocenters. The number of hydrogen-bond donors (Lipinski definition) is 2. The summed E-state index contributed by atoms with van der Waals surface area (Å²) < 4.78 is 91.8. The molecular weight excluding hydrogens is 441 g/mol. The highest BCUT2D eigenvalue weighted by Crippen LogP contribution is 2.36. The molecule has 1 fully saturated rings. The van der Waals surface area contributed by atoms with E-state index in [1.165, 1.54) is 12.1 Å². The lowest BCUT2D eigenvalue weighted by atomic mass is 9.84. The molecule has 1 saturated heterocycles. The van der Waals surface area contributed by atoms with Crippen molar-refractivity contribution in [2.24, 2.45) is 0 Å². The molecule has 0 saturated carbocycles. The van der Waals surface area contributed by atoms with E-state index >= 15 is 0 Å². The molecule has 2 atom stereocenters. The van der Waals surface area contributed by atoms with E-state index in [9.17, 15) is 35.5 Å². The third kappa shape index (κ3) is 5.79. The SMILES string of the molecule is Cc1cc(F)ccc1[C@H]1CNCC[C@@H]1NC(=O)Cc1cc(C(F)(F)F)cc(C(F)(F)F)c1. The van der Waals surface area contributed by atoms with Gasteiger partial charge in [-0.1, -0.05) is 6.07 Å². The van der Waals surface area contributed by atoms with Gasteiger partial charge in [0, 0.05) is 18.5 Å². The first-order valence-corrected chi connectivity index (χ1v) is 9.89. The number of hydrogen-bond acceptors (Lipinski definition) is 2. The maximum absolute atomic E-state index is 13.5. The van der Waals surface area contributed by atoms with Gasteiger partial charge < -0.3 is 10.6 Å². The zero-order valence-electron chi connectivity index (χ0n) is 17.0. The van der Waals surface area contributed by atoms with Crippen LogP contribution in [0.1, 0.15) is 40.2 Å². The van der Waals surface area contributed by atoms with E-state index in [1.54, 1.807) is 13.0 Å². The number of rotatable bonds is 4. The Balaban J connectivity index is 1.81. The van der Waals surface area contributed by atoms with Crippen LogP contribution in [-0.2, 0) is 23.6 Å². The lowest BCUT2D eigenvalue weighted by Crippen LogP contribution is -2.48. The number of aryl methyl sites for hydroxylation is 1. The molecule has 2 aromatic rings. The van der Waals surface area contributed by atoms with Crippen LogP contribution in [0.25, 0.3) is 0 Å². The lowest BCUT2D eigenvalue weighted by molar-refractivity contribution is -0.143. The van der Waals surface area contributed by atoms with Crippen molar-refractivity contribution < 1.29 is 35.5 Å². The standard InChI is InChI=1S/C22H21F7N2O/c1-12-6-16(23)2-3-17(12)18-11-30-5-4-19(18)31-20(32)9-13-7-14(21(24,25)26)10-15(8-13)22(27,28)29/h2-3,6-8,10,18-19,30H,4-5,9,11H2,1H3,(H,31,32)/t18-,19+/m1/s1. The molecular formula is C22H21F7N2O. The molecule has 3 rings (SSSR count). The van der Waals surface area contributed by atoms with Gasteiger partial charge in [-0.25, -0.2) is 4.39 Å². The summed E-state index contributed by atoms with van der Waals surface area (Å²) in [4.78, 5) is 12.6. The summed E-state index contributed by atoms with van der Waals surface area (Å²) >= 11 is 0. The summed E-state index contributed by atoms with van der Waals surface area (Å²) in [7, 11) is 0. The van der Waals surface area contributed by atoms with Crippen LogP contribution in [-0.4, -0.2) is 25.0 Å². The van der Waals surface area contributed by atoms with E-state index in [1.807, 2.05) is 0 Å². The zero-order valence-corrected chi connectivity index (χ0v) is 17.0. The molecule has 2 N–H and O–H groups in total. The van der Waals surface area contributed by atoms with Crippen LogP contribution in [0.3, 0.4) is 0 Å². The fourth-order valence-corrected chi connectivity index (χ4v) is 3.98. The van der Waals surface area contributed by atoms with Gasteiger partial charge >= 0.3 is 12.4 Å². The Morgan fingerprint density at radius 1 is 1.03 bits per heavy atom. The molecule has 1 heterocycles. The highest BCUT2D eigenvalue weighted by atomic mass is 19.4. The van der Waals surface area contributed by atoms with E-state index in [2.05, 4.69) is 10.6 Å². The second-order valence-electron chi connectivity index (χ2n) is 7.87. The van der Waals surface area contributed by atoms with Crippen LogP contribution < -0.4 is 10.6 Å². The molecule has 0 aromatic heterocycles. The van der Waals surface area contributed by atoms with Crippen LogP contribution in [0.5, 0.6) is 0 Å². The van der Waals surface area contributed by atoms with Crippen molar-refractivity contribution in [1.82, 2.24) is 10.6 Å². The molecule has 0 bridgehead atoms. The van der Waals surface area contributed by atoms with Crippen molar-refractivity contribution in [2.75, 3.05) is 13.1 Å². The summed E-state index contributed by atoms with van der Waals surface area (Å²) in [6, 6.07) is 5.02. The minimum Gasteiger partial charge on any atom is -0.352 e. The summed E-state index contributed by atoms with van der Waals surface area (Å²) in [5, 5.41) is 5.92. The van der Waals surface area contributed by atoms with Gasteiger partial charge in [0.15, 0.2) is 0 Å². The minimum absolute atomic E-state index is 0.0293. The third-order valence-corrected chi connectivity index (χ3v) is 5.47. The third-order valence-electron chi connectivity index (χ3n) is 5.47. The van der Waals surface area contributed by atoms with Crippen molar-refractivity contribution in [2.45, 2.75) is 44.1 Å². The number of halogens is 7. The van der Waals surface area contributed by atoms with Crippen LogP contribution >= 0.6 is 0 Å². The van der Waals surface area contributed by atoms with Crippen molar-refractivity contribution in [1.29, 1.82) is 0 Å². The van der Waals surface area contributed by atoms with Crippen molar-refractivity contribution in [3.05, 3.63) is 70.0 Å². The molecule has 2 aromatic carbocycles. The average Bonchev–Trinajstić information content (AvgIpc) is 2.67. The van der Waals surface area contributed by atoms with Gasteiger partial charge in [0.25, 0.3) is 0 Å². The molecule has 1 aliphatic heterocycles. The van der Waals surface area contributed by atoms with Gasteiger partial charge in [-0.2, -0.15) is 26.3 Å². The van der Waals surface area contributed by atoms with Gasteiger partial charge in [0.05, 0.1) is 17.5 Å². The van der Waals surface area contributed by atoms with E-state index < -0.39 is 47.7 Å². The smallest absolute Gasteiger partial charge is 0.352 e. The summed E-state index contributed by atoms with van der Waals surface area (Å²) in [6.07, 6.45) is -10.1. The molecule has 32 heavy (non-hydrogen) atoms. The van der Waals surface area contributed by atoms with Gasteiger partial charge in [0.2, 0.25) is 5.91 Å². The summed E-state index contributed by atoms with van der Waals surface area (Å²) in [6.45, 7) is 2.79.